The lowest BCUT2D eigenvalue weighted by molar-refractivity contribution is 0.415. The Bertz CT molecular complexity index is 473. The monoisotopic (exact) mass is 277 g/mol. The van der Waals surface area contributed by atoms with Crippen LogP contribution < -0.4 is 5.32 Å². The van der Waals surface area contributed by atoms with Gasteiger partial charge in [-0.15, -0.1) is 11.3 Å². The molecule has 3 nitrogen and oxygen atoms in total. The van der Waals surface area contributed by atoms with E-state index in [1.54, 1.807) is 0 Å². The normalized spacial score (nSPS) is 13.1. The summed E-state index contributed by atoms with van der Waals surface area (Å²) in [5.74, 6) is 0.620. The zero-order valence-corrected chi connectivity index (χ0v) is 12.8. The van der Waals surface area contributed by atoms with Gasteiger partial charge in [-0.3, -0.25) is 5.10 Å². The first-order valence-corrected chi connectivity index (χ1v) is 7.82. The Morgan fingerprint density at radius 2 is 2.26 bits per heavy atom. The van der Waals surface area contributed by atoms with Crippen molar-refractivity contribution in [2.75, 3.05) is 6.54 Å². The molecule has 104 valence electrons. The molecule has 2 aromatic heterocycles. The van der Waals surface area contributed by atoms with Gasteiger partial charge in [0.25, 0.3) is 0 Å². The predicted octanol–water partition coefficient (Wildman–Crippen LogP) is 3.70. The molecule has 0 saturated heterocycles. The zero-order valence-electron chi connectivity index (χ0n) is 11.9. The maximum Gasteiger partial charge on any atom is 0.0522 e. The highest BCUT2D eigenvalue weighted by atomic mass is 32.1. The second-order valence-electron chi connectivity index (χ2n) is 5.32. The topological polar surface area (TPSA) is 40.7 Å². The fourth-order valence-corrected chi connectivity index (χ4v) is 3.27. The lowest BCUT2D eigenvalue weighted by atomic mass is 10.0. The molecule has 2 N–H and O–H groups in total. The van der Waals surface area contributed by atoms with Crippen LogP contribution in [0.3, 0.4) is 0 Å². The van der Waals surface area contributed by atoms with Gasteiger partial charge in [-0.1, -0.05) is 19.9 Å². The van der Waals surface area contributed by atoms with Crippen LogP contribution in [0.25, 0.3) is 0 Å². The van der Waals surface area contributed by atoms with Gasteiger partial charge in [0.15, 0.2) is 0 Å². The third-order valence-electron chi connectivity index (χ3n) is 3.44. The van der Waals surface area contributed by atoms with E-state index in [-0.39, 0.29) is 0 Å². The fraction of sp³-hybridized carbons (Fsp3) is 0.533. The molecule has 0 aromatic carbocycles. The van der Waals surface area contributed by atoms with Crippen molar-refractivity contribution in [1.29, 1.82) is 0 Å². The fourth-order valence-electron chi connectivity index (χ4n) is 2.30. The minimum Gasteiger partial charge on any atom is -0.309 e. The number of nitrogens with zero attached hydrogens (tertiary/aromatic N) is 1. The van der Waals surface area contributed by atoms with Crippen LogP contribution in [0.4, 0.5) is 0 Å². The van der Waals surface area contributed by atoms with Crippen LogP contribution >= 0.6 is 11.3 Å². The summed E-state index contributed by atoms with van der Waals surface area (Å²) in [6, 6.07) is 4.83. The number of rotatable bonds is 7. The third kappa shape index (κ3) is 3.91. The minimum atomic E-state index is 0.477. The van der Waals surface area contributed by atoms with Gasteiger partial charge >= 0.3 is 0 Å². The first-order chi connectivity index (χ1) is 9.18. The lowest BCUT2D eigenvalue weighted by Crippen LogP contribution is -2.26. The van der Waals surface area contributed by atoms with E-state index in [1.165, 1.54) is 16.1 Å². The number of aryl methyl sites for hydroxylation is 2. The molecule has 2 heterocycles. The molecule has 2 rings (SSSR count). The highest BCUT2D eigenvalue weighted by Gasteiger charge is 2.15. The quantitative estimate of drug-likeness (QED) is 0.758. The van der Waals surface area contributed by atoms with E-state index in [9.17, 15) is 0 Å². The molecule has 1 atom stereocenters. The Labute approximate surface area is 119 Å². The second kappa shape index (κ2) is 6.87. The van der Waals surface area contributed by atoms with Crippen LogP contribution in [0.1, 0.15) is 42.4 Å². The highest BCUT2D eigenvalue weighted by molar-refractivity contribution is 7.10. The van der Waals surface area contributed by atoms with Crippen LogP contribution in [0.15, 0.2) is 23.7 Å². The van der Waals surface area contributed by atoms with E-state index >= 15 is 0 Å². The van der Waals surface area contributed by atoms with Gasteiger partial charge in [-0.25, -0.2) is 0 Å². The van der Waals surface area contributed by atoms with Crippen molar-refractivity contribution in [1.82, 2.24) is 15.5 Å². The Morgan fingerprint density at radius 3 is 2.84 bits per heavy atom. The van der Waals surface area contributed by atoms with Gasteiger partial charge in [-0.05, 0) is 49.2 Å². The van der Waals surface area contributed by atoms with Crippen molar-refractivity contribution in [3.8, 4) is 0 Å². The maximum atomic E-state index is 4.06. The molecule has 0 aliphatic rings. The maximum absolute atomic E-state index is 4.06. The number of thiophene rings is 1. The van der Waals surface area contributed by atoms with Gasteiger partial charge in [0.05, 0.1) is 6.20 Å². The molecular weight excluding hydrogens is 254 g/mol. The Hall–Kier alpha value is -1.13. The van der Waals surface area contributed by atoms with Crippen molar-refractivity contribution in [3.05, 3.63) is 39.8 Å². The summed E-state index contributed by atoms with van der Waals surface area (Å²) in [6.45, 7) is 7.68. The summed E-state index contributed by atoms with van der Waals surface area (Å²) >= 11 is 1.84. The van der Waals surface area contributed by atoms with Crippen LogP contribution in [-0.4, -0.2) is 16.7 Å². The first-order valence-electron chi connectivity index (χ1n) is 6.94. The van der Waals surface area contributed by atoms with Crippen LogP contribution in [-0.2, 0) is 6.42 Å². The van der Waals surface area contributed by atoms with Crippen molar-refractivity contribution in [2.45, 2.75) is 39.7 Å². The Balaban J connectivity index is 1.79. The number of hydrogen-bond donors (Lipinski definition) is 2. The second-order valence-corrected chi connectivity index (χ2v) is 6.29. The Morgan fingerprint density at radius 1 is 1.42 bits per heavy atom. The predicted molar refractivity (Wildman–Crippen MR) is 81.5 cm³/mol. The van der Waals surface area contributed by atoms with Gasteiger partial charge < -0.3 is 5.32 Å². The molecule has 19 heavy (non-hydrogen) atoms. The number of hydrogen-bond acceptors (Lipinski definition) is 3. The molecule has 2 aromatic rings. The number of aromatic amines is 1. The van der Waals surface area contributed by atoms with E-state index < -0.39 is 0 Å². The standard InChI is InChI=1S/C15H23N3S/c1-11(2)15(14-7-5-9-19-14)16-8-4-6-13-10-17-18-12(13)3/h5,7,9-11,15-16H,4,6,8H2,1-3H3,(H,17,18). The Kier molecular flexibility index (Phi) is 5.16. The largest absolute Gasteiger partial charge is 0.309 e. The summed E-state index contributed by atoms with van der Waals surface area (Å²) in [7, 11) is 0. The van der Waals surface area contributed by atoms with E-state index in [2.05, 4.69) is 53.8 Å². The van der Waals surface area contributed by atoms with Gasteiger partial charge in [0, 0.05) is 16.6 Å². The average molecular weight is 277 g/mol. The van der Waals surface area contributed by atoms with Crippen molar-refractivity contribution in [2.24, 2.45) is 5.92 Å². The molecule has 0 amide bonds. The van der Waals surface area contributed by atoms with E-state index in [0.717, 1.165) is 19.4 Å². The summed E-state index contributed by atoms with van der Waals surface area (Å²) in [4.78, 5) is 1.44. The summed E-state index contributed by atoms with van der Waals surface area (Å²) in [5, 5.41) is 12.9. The molecule has 0 aliphatic heterocycles. The molecule has 0 aliphatic carbocycles. The molecule has 0 radical (unpaired) electrons. The molecule has 0 bridgehead atoms. The van der Waals surface area contributed by atoms with E-state index in [4.69, 9.17) is 0 Å². The first kappa shape index (κ1) is 14.3. The molecule has 0 saturated carbocycles. The van der Waals surface area contributed by atoms with Gasteiger partial charge in [-0.2, -0.15) is 5.10 Å². The molecular formula is C15H23N3S. The lowest BCUT2D eigenvalue weighted by Gasteiger charge is -2.21. The summed E-state index contributed by atoms with van der Waals surface area (Å²) < 4.78 is 0. The number of nitrogens with one attached hydrogen (secondary N) is 2. The molecule has 0 fully saturated rings. The van der Waals surface area contributed by atoms with Gasteiger partial charge in [0.2, 0.25) is 0 Å². The third-order valence-corrected chi connectivity index (χ3v) is 4.39. The molecule has 4 heteroatoms. The zero-order chi connectivity index (χ0) is 13.7. The van der Waals surface area contributed by atoms with E-state index in [1.807, 2.05) is 17.5 Å². The number of aromatic nitrogens is 2. The summed E-state index contributed by atoms with van der Waals surface area (Å²) in [5.41, 5.74) is 2.53. The summed E-state index contributed by atoms with van der Waals surface area (Å²) in [6.07, 6.45) is 4.17. The van der Waals surface area contributed by atoms with Crippen molar-refractivity contribution >= 4 is 11.3 Å². The molecule has 0 spiro atoms. The van der Waals surface area contributed by atoms with Crippen molar-refractivity contribution in [3.63, 3.8) is 0 Å². The smallest absolute Gasteiger partial charge is 0.0522 e. The highest BCUT2D eigenvalue weighted by Crippen LogP contribution is 2.25. The molecule has 1 unspecified atom stereocenters. The van der Waals surface area contributed by atoms with E-state index in [0.29, 0.717) is 12.0 Å². The number of H-pyrrole nitrogens is 1. The minimum absolute atomic E-state index is 0.477. The van der Waals surface area contributed by atoms with Crippen molar-refractivity contribution < 1.29 is 0 Å². The van der Waals surface area contributed by atoms with Crippen LogP contribution in [0, 0.1) is 12.8 Å². The van der Waals surface area contributed by atoms with Crippen LogP contribution in [0.5, 0.6) is 0 Å². The average Bonchev–Trinajstić information content (AvgIpc) is 3.01. The van der Waals surface area contributed by atoms with Crippen LogP contribution in [0.2, 0.25) is 0 Å². The van der Waals surface area contributed by atoms with Gasteiger partial charge in [0.1, 0.15) is 0 Å². The SMILES string of the molecule is Cc1[nH]ncc1CCCNC(c1cccs1)C(C)C.